The van der Waals surface area contributed by atoms with Crippen LogP contribution in [0.1, 0.15) is 35.4 Å². The molecule has 0 spiro atoms. The van der Waals surface area contributed by atoms with Gasteiger partial charge in [0.2, 0.25) is 0 Å². The molecule has 172 valence electrons. The Labute approximate surface area is 196 Å². The van der Waals surface area contributed by atoms with E-state index in [0.29, 0.717) is 37.0 Å². The number of rotatable bonds is 5. The predicted octanol–water partition coefficient (Wildman–Crippen LogP) is 2.93. The smallest absolute Gasteiger partial charge is 0.261 e. The number of hydrogen-bond acceptors (Lipinski definition) is 8. The molecule has 33 heavy (non-hydrogen) atoms. The third-order valence-corrected chi connectivity index (χ3v) is 8.01. The van der Waals surface area contributed by atoms with Crippen molar-refractivity contribution < 1.29 is 9.53 Å². The Balaban J connectivity index is 1.17. The lowest BCUT2D eigenvalue weighted by Gasteiger charge is -2.31. The van der Waals surface area contributed by atoms with E-state index in [4.69, 9.17) is 9.72 Å². The minimum absolute atomic E-state index is 0.0296. The summed E-state index contributed by atoms with van der Waals surface area (Å²) in [5, 5.41) is 7.75. The number of nitrogens with zero attached hydrogens (tertiary/aromatic N) is 2. The van der Waals surface area contributed by atoms with Crippen LogP contribution < -0.4 is 21.5 Å². The number of nitrogens with one attached hydrogen (secondary N) is 4. The Morgan fingerprint density at radius 1 is 1.15 bits per heavy atom. The van der Waals surface area contributed by atoms with Gasteiger partial charge in [0.15, 0.2) is 5.82 Å². The van der Waals surface area contributed by atoms with Gasteiger partial charge in [-0.2, -0.15) is 0 Å². The fourth-order valence-corrected chi connectivity index (χ4v) is 6.11. The number of hydrazine groups is 1. The molecule has 1 aromatic carbocycles. The molecule has 9 heteroatoms. The number of ether oxygens (including phenoxy) is 1. The SMILES string of the molecule is O=C(NC1CCOC1)c1cc2ccc(-c3nccc(NC4CCC5NNCC5C4)n3)cc2s1. The van der Waals surface area contributed by atoms with Gasteiger partial charge in [-0.1, -0.05) is 12.1 Å². The summed E-state index contributed by atoms with van der Waals surface area (Å²) < 4.78 is 6.41. The molecule has 0 radical (unpaired) electrons. The summed E-state index contributed by atoms with van der Waals surface area (Å²) >= 11 is 1.50. The molecule has 4 N–H and O–H groups in total. The highest BCUT2D eigenvalue weighted by molar-refractivity contribution is 7.20. The van der Waals surface area contributed by atoms with Crippen molar-refractivity contribution in [1.82, 2.24) is 26.1 Å². The first-order valence-corrected chi connectivity index (χ1v) is 12.5. The number of carbonyl (C=O) groups is 1. The zero-order valence-electron chi connectivity index (χ0n) is 18.3. The standard InChI is InChI=1S/C24H28N6O2S/c31-24(28-18-6-8-32-13-18)21-10-14-1-2-15(11-20(14)33-21)23-25-7-5-22(29-23)27-17-3-4-19-16(9-17)12-26-30-19/h1-2,5,7,10-11,16-19,26,30H,3-4,6,8-9,12-13H2,(H,28,31)(H,25,27,29). The van der Waals surface area contributed by atoms with Gasteiger partial charge in [-0.05, 0) is 55.2 Å². The van der Waals surface area contributed by atoms with Crippen molar-refractivity contribution in [3.63, 3.8) is 0 Å². The molecule has 4 heterocycles. The first kappa shape index (κ1) is 21.0. The number of fused-ring (bicyclic) bond motifs is 2. The maximum absolute atomic E-state index is 12.6. The number of thiophene rings is 1. The number of amides is 1. The first-order valence-electron chi connectivity index (χ1n) is 11.7. The third-order valence-electron chi connectivity index (χ3n) is 6.91. The van der Waals surface area contributed by atoms with E-state index in [1.165, 1.54) is 17.8 Å². The molecule has 2 aromatic heterocycles. The van der Waals surface area contributed by atoms with Crippen molar-refractivity contribution in [1.29, 1.82) is 0 Å². The number of aromatic nitrogens is 2. The number of benzene rings is 1. The van der Waals surface area contributed by atoms with Crippen LogP contribution in [-0.2, 0) is 4.74 Å². The van der Waals surface area contributed by atoms with Gasteiger partial charge < -0.3 is 15.4 Å². The molecule has 8 nitrogen and oxygen atoms in total. The second-order valence-corrected chi connectivity index (χ2v) is 10.3. The van der Waals surface area contributed by atoms with E-state index in [0.717, 1.165) is 52.2 Å². The molecule has 2 aliphatic heterocycles. The molecule has 3 fully saturated rings. The second kappa shape index (κ2) is 8.98. The van der Waals surface area contributed by atoms with Crippen LogP contribution in [-0.4, -0.2) is 53.8 Å². The summed E-state index contributed by atoms with van der Waals surface area (Å²) in [5.74, 6) is 2.21. The van der Waals surface area contributed by atoms with Crippen LogP contribution in [0.5, 0.6) is 0 Å². The van der Waals surface area contributed by atoms with E-state index < -0.39 is 0 Å². The summed E-state index contributed by atoms with van der Waals surface area (Å²) in [6.45, 7) is 2.34. The van der Waals surface area contributed by atoms with Crippen LogP contribution in [0.2, 0.25) is 0 Å². The summed E-state index contributed by atoms with van der Waals surface area (Å²) in [4.78, 5) is 22.7. The Morgan fingerprint density at radius 2 is 2.12 bits per heavy atom. The summed E-state index contributed by atoms with van der Waals surface area (Å²) in [7, 11) is 0. The van der Waals surface area contributed by atoms with E-state index in [-0.39, 0.29) is 11.9 Å². The van der Waals surface area contributed by atoms with E-state index in [1.807, 2.05) is 30.5 Å². The van der Waals surface area contributed by atoms with Crippen LogP contribution in [0.25, 0.3) is 21.5 Å². The molecule has 2 saturated heterocycles. The molecule has 3 aromatic rings. The average Bonchev–Trinajstić information content (AvgIpc) is 3.59. The second-order valence-electron chi connectivity index (χ2n) is 9.21. The molecule has 1 saturated carbocycles. The van der Waals surface area contributed by atoms with Crippen molar-refractivity contribution in [3.05, 3.63) is 41.4 Å². The molecule has 4 unspecified atom stereocenters. The van der Waals surface area contributed by atoms with Crippen molar-refractivity contribution in [3.8, 4) is 11.4 Å². The van der Waals surface area contributed by atoms with Gasteiger partial charge >= 0.3 is 0 Å². The minimum atomic E-state index is -0.0296. The van der Waals surface area contributed by atoms with Gasteiger partial charge in [0, 0.05) is 41.7 Å². The van der Waals surface area contributed by atoms with Crippen molar-refractivity contribution in [2.75, 3.05) is 25.1 Å². The normalized spacial score (nSPS) is 26.9. The lowest BCUT2D eigenvalue weighted by Crippen LogP contribution is -2.39. The Hall–Kier alpha value is -2.59. The van der Waals surface area contributed by atoms with Gasteiger partial charge in [0.1, 0.15) is 5.82 Å². The van der Waals surface area contributed by atoms with Crippen LogP contribution in [0.15, 0.2) is 36.5 Å². The Morgan fingerprint density at radius 3 is 3.03 bits per heavy atom. The monoisotopic (exact) mass is 464 g/mol. The summed E-state index contributed by atoms with van der Waals surface area (Å²) in [5.41, 5.74) is 7.62. The zero-order chi connectivity index (χ0) is 22.2. The maximum atomic E-state index is 12.6. The Bertz CT molecular complexity index is 1160. The highest BCUT2D eigenvalue weighted by Crippen LogP contribution is 2.31. The summed E-state index contributed by atoms with van der Waals surface area (Å²) in [6.07, 6.45) is 6.14. The molecule has 4 atom stereocenters. The fourth-order valence-electron chi connectivity index (χ4n) is 5.11. The average molecular weight is 465 g/mol. The highest BCUT2D eigenvalue weighted by Gasteiger charge is 2.33. The number of carbonyl (C=O) groups excluding carboxylic acids is 1. The first-order chi connectivity index (χ1) is 16.2. The predicted molar refractivity (Wildman–Crippen MR) is 129 cm³/mol. The van der Waals surface area contributed by atoms with Crippen molar-refractivity contribution >= 4 is 33.1 Å². The van der Waals surface area contributed by atoms with E-state index >= 15 is 0 Å². The molecule has 1 amide bonds. The molecule has 1 aliphatic carbocycles. The molecule has 6 rings (SSSR count). The lowest BCUT2D eigenvalue weighted by atomic mass is 9.83. The topological polar surface area (TPSA) is 100 Å². The third kappa shape index (κ3) is 4.46. The van der Waals surface area contributed by atoms with Crippen LogP contribution in [0.3, 0.4) is 0 Å². The van der Waals surface area contributed by atoms with Crippen LogP contribution >= 0.6 is 11.3 Å². The van der Waals surface area contributed by atoms with Crippen LogP contribution in [0, 0.1) is 5.92 Å². The fraction of sp³-hybridized carbons (Fsp3) is 0.458. The number of anilines is 1. The quantitative estimate of drug-likeness (QED) is 0.461. The number of hydrogen-bond donors (Lipinski definition) is 4. The van der Waals surface area contributed by atoms with Gasteiger partial charge in [-0.3, -0.25) is 15.6 Å². The van der Waals surface area contributed by atoms with Gasteiger partial charge in [-0.15, -0.1) is 11.3 Å². The minimum Gasteiger partial charge on any atom is -0.379 e. The Kier molecular flexibility index (Phi) is 5.71. The van der Waals surface area contributed by atoms with E-state index in [9.17, 15) is 4.79 Å². The maximum Gasteiger partial charge on any atom is 0.261 e. The molecule has 3 aliphatic rings. The van der Waals surface area contributed by atoms with Crippen LogP contribution in [0.4, 0.5) is 5.82 Å². The van der Waals surface area contributed by atoms with Crippen molar-refractivity contribution in [2.24, 2.45) is 5.92 Å². The molecule has 0 bridgehead atoms. The van der Waals surface area contributed by atoms with E-state index in [2.05, 4.69) is 32.5 Å². The van der Waals surface area contributed by atoms with Gasteiger partial charge in [-0.25, -0.2) is 9.97 Å². The van der Waals surface area contributed by atoms with E-state index in [1.54, 1.807) is 0 Å². The van der Waals surface area contributed by atoms with Gasteiger partial charge in [0.05, 0.1) is 17.5 Å². The zero-order valence-corrected chi connectivity index (χ0v) is 19.2. The molecular formula is C24H28N6O2S. The summed E-state index contributed by atoms with van der Waals surface area (Å²) in [6, 6.07) is 11.2. The lowest BCUT2D eigenvalue weighted by molar-refractivity contribution is 0.0934. The molecular weight excluding hydrogens is 436 g/mol. The van der Waals surface area contributed by atoms with Crippen molar-refractivity contribution in [2.45, 2.75) is 43.8 Å². The largest absolute Gasteiger partial charge is 0.379 e. The van der Waals surface area contributed by atoms with Gasteiger partial charge in [0.25, 0.3) is 5.91 Å². The highest BCUT2D eigenvalue weighted by atomic mass is 32.1.